The fourth-order valence-electron chi connectivity index (χ4n) is 0.715. The lowest BCUT2D eigenvalue weighted by Crippen LogP contribution is -2.34. The summed E-state index contributed by atoms with van der Waals surface area (Å²) < 4.78 is 42.3. The first-order chi connectivity index (χ1) is 6.92. The van der Waals surface area contributed by atoms with Crippen LogP contribution < -0.4 is 10.3 Å². The van der Waals surface area contributed by atoms with Crippen LogP contribution in [0.3, 0.4) is 0 Å². The summed E-state index contributed by atoms with van der Waals surface area (Å²) in [5, 5.41) is 0. The normalized spacial score (nSPS) is 13.6. The molecule has 0 aromatic carbocycles. The van der Waals surface area contributed by atoms with Crippen molar-refractivity contribution in [2.75, 3.05) is 6.61 Å². The monoisotopic (exact) mass is 222 g/mol. The van der Waals surface area contributed by atoms with E-state index in [0.29, 0.717) is 0 Å². The molecule has 0 bridgehead atoms. The second-order valence-corrected chi connectivity index (χ2v) is 2.92. The molecule has 1 N–H and O–H groups in total. The van der Waals surface area contributed by atoms with Crippen molar-refractivity contribution >= 4 is 0 Å². The molecule has 1 rings (SSSR count). The number of alkyl halides is 3. The molecule has 1 aromatic heterocycles. The Morgan fingerprint density at radius 3 is 2.87 bits per heavy atom. The Labute approximate surface area is 83.1 Å². The van der Waals surface area contributed by atoms with Crippen molar-refractivity contribution in [1.82, 2.24) is 9.97 Å². The summed E-state index contributed by atoms with van der Waals surface area (Å²) in [4.78, 5) is 16.4. The molecule has 7 heteroatoms. The van der Waals surface area contributed by atoms with E-state index >= 15 is 0 Å². The summed E-state index contributed by atoms with van der Waals surface area (Å²) in [7, 11) is 0. The molecule has 1 heterocycles. The van der Waals surface area contributed by atoms with Crippen LogP contribution in [0.15, 0.2) is 17.2 Å². The van der Waals surface area contributed by atoms with Gasteiger partial charge in [-0.2, -0.15) is 8.78 Å². The predicted octanol–water partition coefficient (Wildman–Crippen LogP) is 1.14. The number of H-pyrrole nitrogens is 1. The van der Waals surface area contributed by atoms with Crippen molar-refractivity contribution in [2.24, 2.45) is 0 Å². The Hall–Kier alpha value is -1.53. The molecular weight excluding hydrogens is 213 g/mol. The Morgan fingerprint density at radius 2 is 2.33 bits per heavy atom. The Kier molecular flexibility index (Phi) is 3.33. The highest BCUT2D eigenvalue weighted by molar-refractivity contribution is 5.05. The zero-order valence-corrected chi connectivity index (χ0v) is 7.84. The third kappa shape index (κ3) is 3.26. The van der Waals surface area contributed by atoms with Crippen molar-refractivity contribution in [3.05, 3.63) is 22.7 Å². The van der Waals surface area contributed by atoms with Gasteiger partial charge < -0.3 is 9.72 Å². The predicted molar refractivity (Wildman–Crippen MR) is 45.9 cm³/mol. The van der Waals surface area contributed by atoms with Crippen LogP contribution in [0.4, 0.5) is 13.2 Å². The molecule has 15 heavy (non-hydrogen) atoms. The molecule has 0 amide bonds. The number of hydrogen-bond acceptors (Lipinski definition) is 3. The fraction of sp³-hybridized carbons (Fsp3) is 0.500. The quantitative estimate of drug-likeness (QED) is 0.831. The van der Waals surface area contributed by atoms with E-state index in [1.165, 1.54) is 0 Å². The summed E-state index contributed by atoms with van der Waals surface area (Å²) in [6.45, 7) is -0.421. The van der Waals surface area contributed by atoms with Gasteiger partial charge in [-0.25, -0.2) is 9.37 Å². The van der Waals surface area contributed by atoms with E-state index in [0.717, 1.165) is 19.3 Å². The Morgan fingerprint density at radius 1 is 1.67 bits per heavy atom. The zero-order valence-electron chi connectivity index (χ0n) is 7.84. The lowest BCUT2D eigenvalue weighted by atomic mass is 10.2. The van der Waals surface area contributed by atoms with Crippen LogP contribution in [0.25, 0.3) is 0 Å². The van der Waals surface area contributed by atoms with Gasteiger partial charge in [0.15, 0.2) is 12.8 Å². The summed E-state index contributed by atoms with van der Waals surface area (Å²) in [6.07, 6.45) is -1.31. The van der Waals surface area contributed by atoms with Crippen LogP contribution in [0, 0.1) is 0 Å². The van der Waals surface area contributed by atoms with Crippen molar-refractivity contribution < 1.29 is 17.9 Å². The minimum absolute atomic E-state index is 0.265. The highest BCUT2D eigenvalue weighted by atomic mass is 19.3. The number of rotatable bonds is 4. The number of halogens is 3. The fourth-order valence-corrected chi connectivity index (χ4v) is 0.715. The molecule has 0 fully saturated rings. The van der Waals surface area contributed by atoms with Crippen molar-refractivity contribution in [1.29, 1.82) is 0 Å². The molecule has 0 aliphatic carbocycles. The number of ether oxygens (including phenoxy) is 1. The average molecular weight is 222 g/mol. The maximum atomic E-state index is 12.7. The van der Waals surface area contributed by atoms with Gasteiger partial charge in [-0.1, -0.05) is 0 Å². The van der Waals surface area contributed by atoms with Crippen molar-refractivity contribution in [3.63, 3.8) is 0 Å². The molecule has 84 valence electrons. The SMILES string of the molecule is CC(F)C(F)(F)COc1cc(=O)[nH]cn1. The van der Waals surface area contributed by atoms with Gasteiger partial charge in [0.1, 0.15) is 0 Å². The maximum Gasteiger partial charge on any atom is 0.311 e. The third-order valence-electron chi connectivity index (χ3n) is 1.65. The van der Waals surface area contributed by atoms with E-state index in [9.17, 15) is 18.0 Å². The van der Waals surface area contributed by atoms with Crippen molar-refractivity contribution in [2.45, 2.75) is 19.0 Å². The largest absolute Gasteiger partial charge is 0.471 e. The lowest BCUT2D eigenvalue weighted by molar-refractivity contribution is -0.0949. The van der Waals surface area contributed by atoms with Gasteiger partial charge in [0.05, 0.1) is 12.4 Å². The van der Waals surface area contributed by atoms with E-state index in [4.69, 9.17) is 0 Å². The minimum atomic E-state index is -3.59. The van der Waals surface area contributed by atoms with Crippen LogP contribution in [-0.2, 0) is 0 Å². The summed E-state index contributed by atoms with van der Waals surface area (Å²) in [6, 6.07) is 0.902. The van der Waals surface area contributed by atoms with Crippen molar-refractivity contribution in [3.8, 4) is 5.88 Å². The van der Waals surface area contributed by atoms with Gasteiger partial charge in [-0.3, -0.25) is 4.79 Å². The molecule has 0 spiro atoms. The molecule has 1 atom stereocenters. The number of aromatic amines is 1. The average Bonchev–Trinajstić information content (AvgIpc) is 2.15. The van der Waals surface area contributed by atoms with Gasteiger partial charge in [-0.05, 0) is 6.92 Å². The van der Waals surface area contributed by atoms with Crippen LogP contribution in [-0.4, -0.2) is 28.7 Å². The van der Waals surface area contributed by atoms with Gasteiger partial charge in [0, 0.05) is 0 Å². The first-order valence-corrected chi connectivity index (χ1v) is 4.11. The van der Waals surface area contributed by atoms with Gasteiger partial charge in [0.25, 0.3) is 5.56 Å². The van der Waals surface area contributed by atoms with E-state index in [-0.39, 0.29) is 5.88 Å². The van der Waals surface area contributed by atoms with Gasteiger partial charge in [0.2, 0.25) is 5.88 Å². The smallest absolute Gasteiger partial charge is 0.311 e. The first-order valence-electron chi connectivity index (χ1n) is 4.11. The third-order valence-corrected chi connectivity index (χ3v) is 1.65. The second-order valence-electron chi connectivity index (χ2n) is 2.92. The molecule has 0 saturated carbocycles. The number of hydrogen-bond donors (Lipinski definition) is 1. The highest BCUT2D eigenvalue weighted by Crippen LogP contribution is 2.21. The number of nitrogens with one attached hydrogen (secondary N) is 1. The molecule has 0 aliphatic heterocycles. The first kappa shape index (κ1) is 11.5. The molecule has 1 aromatic rings. The molecular formula is C8H9F3N2O2. The highest BCUT2D eigenvalue weighted by Gasteiger charge is 2.38. The topological polar surface area (TPSA) is 55.0 Å². The number of nitrogens with zero attached hydrogens (tertiary/aromatic N) is 1. The van der Waals surface area contributed by atoms with Crippen LogP contribution in [0.2, 0.25) is 0 Å². The minimum Gasteiger partial charge on any atom is -0.471 e. The number of aromatic nitrogens is 2. The van der Waals surface area contributed by atoms with Gasteiger partial charge in [-0.15, -0.1) is 0 Å². The van der Waals surface area contributed by atoms with E-state index < -0.39 is 24.3 Å². The van der Waals surface area contributed by atoms with Gasteiger partial charge >= 0.3 is 5.92 Å². The molecule has 4 nitrogen and oxygen atoms in total. The van der Waals surface area contributed by atoms with E-state index in [1.54, 1.807) is 0 Å². The molecule has 0 saturated heterocycles. The Balaban J connectivity index is 2.61. The summed E-state index contributed by atoms with van der Waals surface area (Å²) >= 11 is 0. The summed E-state index contributed by atoms with van der Waals surface area (Å²) in [5.41, 5.74) is -0.531. The summed E-state index contributed by atoms with van der Waals surface area (Å²) in [5.74, 6) is -3.86. The van der Waals surface area contributed by atoms with Crippen LogP contribution in [0.5, 0.6) is 5.88 Å². The Bertz CT molecular complexity index is 378. The maximum absolute atomic E-state index is 12.7. The van der Waals surface area contributed by atoms with E-state index in [1.807, 2.05) is 0 Å². The van der Waals surface area contributed by atoms with Crippen LogP contribution >= 0.6 is 0 Å². The standard InChI is InChI=1S/C8H9F3N2O2/c1-5(9)8(10,11)3-15-7-2-6(14)12-4-13-7/h2,4-5H,3H2,1H3,(H,12,13,14). The molecule has 0 radical (unpaired) electrons. The lowest BCUT2D eigenvalue weighted by Gasteiger charge is -2.17. The van der Waals surface area contributed by atoms with E-state index in [2.05, 4.69) is 14.7 Å². The molecule has 1 unspecified atom stereocenters. The zero-order chi connectivity index (χ0) is 11.5. The van der Waals surface area contributed by atoms with Crippen LogP contribution in [0.1, 0.15) is 6.92 Å². The molecule has 0 aliphatic rings. The second kappa shape index (κ2) is 4.33.